The van der Waals surface area contributed by atoms with Gasteiger partial charge in [0.05, 0.1) is 10.7 Å². The van der Waals surface area contributed by atoms with Crippen molar-refractivity contribution in [3.05, 3.63) is 22.8 Å². The largest absolute Gasteiger partial charge is 0.354 e. The van der Waals surface area contributed by atoms with E-state index in [-0.39, 0.29) is 0 Å². The summed E-state index contributed by atoms with van der Waals surface area (Å²) in [5.74, 6) is 1.07. The second kappa shape index (κ2) is 6.39. The number of hydrogen-bond acceptors (Lipinski definition) is 3. The van der Waals surface area contributed by atoms with Crippen molar-refractivity contribution in [2.45, 2.75) is 45.7 Å². The maximum atomic E-state index is 6.19. The lowest BCUT2D eigenvalue weighted by Crippen LogP contribution is -2.38. The maximum absolute atomic E-state index is 6.19. The van der Waals surface area contributed by atoms with Gasteiger partial charge < -0.3 is 10.2 Å². The van der Waals surface area contributed by atoms with Crippen molar-refractivity contribution < 1.29 is 0 Å². The highest BCUT2D eigenvalue weighted by atomic mass is 35.5. The first-order valence-corrected chi connectivity index (χ1v) is 7.23. The molecule has 100 valence electrons. The summed E-state index contributed by atoms with van der Waals surface area (Å²) in [4.78, 5) is 7.11. The van der Waals surface area contributed by atoms with Crippen molar-refractivity contribution in [3.8, 4) is 0 Å². The van der Waals surface area contributed by atoms with Crippen molar-refractivity contribution in [1.82, 2.24) is 10.3 Å². The SMILES string of the molecule is CCNCc1nc(N2CCCCC2C)ccc1Cl. The van der Waals surface area contributed by atoms with Crippen molar-refractivity contribution in [2.24, 2.45) is 0 Å². The molecular weight excluding hydrogens is 246 g/mol. The average Bonchev–Trinajstić information content (AvgIpc) is 2.39. The molecule has 0 spiro atoms. The molecule has 1 aliphatic heterocycles. The minimum absolute atomic E-state index is 0.583. The quantitative estimate of drug-likeness (QED) is 0.908. The minimum Gasteiger partial charge on any atom is -0.354 e. The van der Waals surface area contributed by atoms with Crippen LogP contribution in [0.3, 0.4) is 0 Å². The molecule has 0 bridgehead atoms. The number of halogens is 1. The molecule has 0 aromatic carbocycles. The number of aromatic nitrogens is 1. The van der Waals surface area contributed by atoms with Crippen molar-refractivity contribution in [3.63, 3.8) is 0 Å². The van der Waals surface area contributed by atoms with Gasteiger partial charge in [0.15, 0.2) is 0 Å². The molecule has 1 aromatic rings. The Labute approximate surface area is 115 Å². The summed E-state index contributed by atoms with van der Waals surface area (Å²) in [5, 5.41) is 4.04. The lowest BCUT2D eigenvalue weighted by Gasteiger charge is -2.34. The van der Waals surface area contributed by atoms with E-state index in [1.807, 2.05) is 12.1 Å². The van der Waals surface area contributed by atoms with Gasteiger partial charge in [-0.05, 0) is 44.9 Å². The maximum Gasteiger partial charge on any atom is 0.129 e. The molecule has 0 amide bonds. The highest BCUT2D eigenvalue weighted by molar-refractivity contribution is 6.31. The molecular formula is C14H22ClN3. The number of anilines is 1. The molecule has 18 heavy (non-hydrogen) atoms. The number of nitrogens with one attached hydrogen (secondary N) is 1. The zero-order valence-electron chi connectivity index (χ0n) is 11.2. The lowest BCUT2D eigenvalue weighted by atomic mass is 10.0. The van der Waals surface area contributed by atoms with Crippen LogP contribution in [-0.2, 0) is 6.54 Å². The van der Waals surface area contributed by atoms with E-state index < -0.39 is 0 Å². The van der Waals surface area contributed by atoms with Crippen LogP contribution in [0.5, 0.6) is 0 Å². The number of rotatable bonds is 4. The Bertz CT molecular complexity index is 395. The van der Waals surface area contributed by atoms with Crippen LogP contribution in [0, 0.1) is 0 Å². The molecule has 1 saturated heterocycles. The van der Waals surface area contributed by atoms with Gasteiger partial charge in [-0.3, -0.25) is 0 Å². The number of piperidine rings is 1. The molecule has 1 N–H and O–H groups in total. The topological polar surface area (TPSA) is 28.2 Å². The average molecular weight is 268 g/mol. The van der Waals surface area contributed by atoms with Crippen LogP contribution in [0.25, 0.3) is 0 Å². The molecule has 3 nitrogen and oxygen atoms in total. The Kier molecular flexibility index (Phi) is 4.84. The Morgan fingerprint density at radius 2 is 2.28 bits per heavy atom. The predicted octanol–water partition coefficient (Wildman–Crippen LogP) is 3.22. The fourth-order valence-electron chi connectivity index (χ4n) is 2.44. The number of pyridine rings is 1. The number of hydrogen-bond donors (Lipinski definition) is 1. The van der Waals surface area contributed by atoms with E-state index in [1.54, 1.807) is 0 Å². The second-order valence-electron chi connectivity index (χ2n) is 4.92. The molecule has 0 radical (unpaired) electrons. The van der Waals surface area contributed by atoms with Crippen LogP contribution < -0.4 is 10.2 Å². The minimum atomic E-state index is 0.583. The van der Waals surface area contributed by atoms with Gasteiger partial charge in [0, 0.05) is 19.1 Å². The van der Waals surface area contributed by atoms with Gasteiger partial charge in [0.2, 0.25) is 0 Å². The zero-order valence-corrected chi connectivity index (χ0v) is 12.0. The molecule has 4 heteroatoms. The molecule has 2 heterocycles. The molecule has 1 aromatic heterocycles. The Morgan fingerprint density at radius 3 is 3.00 bits per heavy atom. The van der Waals surface area contributed by atoms with E-state index >= 15 is 0 Å². The summed E-state index contributed by atoms with van der Waals surface area (Å²) in [5.41, 5.74) is 0.953. The fourth-order valence-corrected chi connectivity index (χ4v) is 2.61. The standard InChI is InChI=1S/C14H22ClN3/c1-3-16-10-13-12(15)7-8-14(17-13)18-9-5-4-6-11(18)2/h7-8,11,16H,3-6,9-10H2,1-2H3. The van der Waals surface area contributed by atoms with Crippen LogP contribution in [0.15, 0.2) is 12.1 Å². The van der Waals surface area contributed by atoms with Gasteiger partial charge >= 0.3 is 0 Å². The van der Waals surface area contributed by atoms with Gasteiger partial charge in [0.25, 0.3) is 0 Å². The van der Waals surface area contributed by atoms with Crippen molar-refractivity contribution in [2.75, 3.05) is 18.0 Å². The normalized spacial score (nSPS) is 20.2. The molecule has 2 rings (SSSR count). The van der Waals surface area contributed by atoms with E-state index in [2.05, 4.69) is 24.1 Å². The third-order valence-corrected chi connectivity index (χ3v) is 3.89. The highest BCUT2D eigenvalue weighted by Gasteiger charge is 2.20. The number of nitrogens with zero attached hydrogens (tertiary/aromatic N) is 2. The summed E-state index contributed by atoms with van der Waals surface area (Å²) in [6.07, 6.45) is 3.85. The first kappa shape index (κ1) is 13.6. The third kappa shape index (κ3) is 3.15. The molecule has 0 saturated carbocycles. The van der Waals surface area contributed by atoms with Crippen molar-refractivity contribution >= 4 is 17.4 Å². The Morgan fingerprint density at radius 1 is 1.44 bits per heavy atom. The first-order valence-electron chi connectivity index (χ1n) is 6.85. The molecule has 0 aliphatic carbocycles. The molecule has 1 aliphatic rings. The van der Waals surface area contributed by atoms with E-state index in [0.717, 1.165) is 36.2 Å². The summed E-state index contributed by atoms with van der Waals surface area (Å²) in [6.45, 7) is 7.15. The molecule has 1 unspecified atom stereocenters. The molecule has 1 atom stereocenters. The van der Waals surface area contributed by atoms with Crippen molar-refractivity contribution in [1.29, 1.82) is 0 Å². The summed E-state index contributed by atoms with van der Waals surface area (Å²) < 4.78 is 0. The second-order valence-corrected chi connectivity index (χ2v) is 5.32. The van der Waals surface area contributed by atoms with Crippen LogP contribution in [0.1, 0.15) is 38.8 Å². The highest BCUT2D eigenvalue weighted by Crippen LogP contribution is 2.25. The monoisotopic (exact) mass is 267 g/mol. The molecule has 1 fully saturated rings. The van der Waals surface area contributed by atoms with E-state index in [4.69, 9.17) is 16.6 Å². The summed E-state index contributed by atoms with van der Waals surface area (Å²) in [7, 11) is 0. The van der Waals surface area contributed by atoms with E-state index in [9.17, 15) is 0 Å². The van der Waals surface area contributed by atoms with Crippen LogP contribution >= 0.6 is 11.6 Å². The van der Waals surface area contributed by atoms with Crippen LogP contribution in [-0.4, -0.2) is 24.1 Å². The van der Waals surface area contributed by atoms with Gasteiger partial charge in [0.1, 0.15) is 5.82 Å². The van der Waals surface area contributed by atoms with Gasteiger partial charge in [-0.25, -0.2) is 4.98 Å². The zero-order chi connectivity index (χ0) is 13.0. The van der Waals surface area contributed by atoms with Gasteiger partial charge in [-0.15, -0.1) is 0 Å². The summed E-state index contributed by atoms with van der Waals surface area (Å²) >= 11 is 6.19. The Hall–Kier alpha value is -0.800. The first-order chi connectivity index (χ1) is 8.72. The lowest BCUT2D eigenvalue weighted by molar-refractivity contribution is 0.480. The third-order valence-electron chi connectivity index (χ3n) is 3.54. The van der Waals surface area contributed by atoms with Crippen LogP contribution in [0.2, 0.25) is 5.02 Å². The van der Waals surface area contributed by atoms with E-state index in [1.165, 1.54) is 19.3 Å². The Balaban J connectivity index is 2.17. The predicted molar refractivity (Wildman–Crippen MR) is 77.3 cm³/mol. The fraction of sp³-hybridized carbons (Fsp3) is 0.643. The summed E-state index contributed by atoms with van der Waals surface area (Å²) in [6, 6.07) is 4.59. The van der Waals surface area contributed by atoms with Gasteiger partial charge in [-0.1, -0.05) is 18.5 Å². The van der Waals surface area contributed by atoms with E-state index in [0.29, 0.717) is 6.04 Å². The van der Waals surface area contributed by atoms with Gasteiger partial charge in [-0.2, -0.15) is 0 Å². The smallest absolute Gasteiger partial charge is 0.129 e. The van der Waals surface area contributed by atoms with Crippen LogP contribution in [0.4, 0.5) is 5.82 Å².